The van der Waals surface area contributed by atoms with Crippen LogP contribution in [0.25, 0.3) is 11.3 Å². The predicted octanol–water partition coefficient (Wildman–Crippen LogP) is 4.86. The van der Waals surface area contributed by atoms with Crippen molar-refractivity contribution in [1.29, 1.82) is 0 Å². The van der Waals surface area contributed by atoms with Crippen LogP contribution in [0.5, 0.6) is 0 Å². The Morgan fingerprint density at radius 3 is 2.79 bits per heavy atom. The van der Waals surface area contributed by atoms with Gasteiger partial charge in [0.05, 0.1) is 6.20 Å². The Hall–Kier alpha value is -1.81. The van der Waals surface area contributed by atoms with Crippen LogP contribution in [-0.2, 0) is 16.1 Å². The molecule has 4 rings (SSSR count). The average Bonchev–Trinajstić information content (AvgIpc) is 3.30. The molecule has 5 heteroatoms. The van der Waals surface area contributed by atoms with Crippen molar-refractivity contribution in [3.8, 4) is 11.3 Å². The van der Waals surface area contributed by atoms with Gasteiger partial charge in [-0.3, -0.25) is 4.79 Å². The number of nitrogens with zero attached hydrogens (tertiary/aromatic N) is 1. The van der Waals surface area contributed by atoms with Gasteiger partial charge < -0.3 is 9.15 Å². The fourth-order valence-corrected chi connectivity index (χ4v) is 4.29. The third-order valence-electron chi connectivity index (χ3n) is 5.35. The van der Waals surface area contributed by atoms with Crippen molar-refractivity contribution >= 4 is 17.6 Å². The summed E-state index contributed by atoms with van der Waals surface area (Å²) in [6, 6.07) is 7.34. The molecule has 2 aromatic rings. The molecule has 4 nitrogen and oxygen atoms in total. The highest BCUT2D eigenvalue weighted by atomic mass is 35.5. The number of hydrogen-bond donors (Lipinski definition) is 0. The number of aromatic nitrogens is 1. The van der Waals surface area contributed by atoms with Crippen LogP contribution >= 0.6 is 11.6 Å². The molecule has 1 aromatic heterocycles. The Bertz CT molecular complexity index is 724. The van der Waals surface area contributed by atoms with E-state index in [1.165, 1.54) is 25.7 Å². The lowest BCUT2D eigenvalue weighted by atomic mass is 9.86. The average molecular weight is 346 g/mol. The van der Waals surface area contributed by atoms with E-state index in [-0.39, 0.29) is 12.6 Å². The van der Waals surface area contributed by atoms with Gasteiger partial charge in [-0.05, 0) is 61.3 Å². The third kappa shape index (κ3) is 3.34. The Morgan fingerprint density at radius 2 is 2.08 bits per heavy atom. The molecular formula is C19H20ClNO3. The first-order valence-corrected chi connectivity index (χ1v) is 8.91. The lowest BCUT2D eigenvalue weighted by Crippen LogP contribution is -2.16. The summed E-state index contributed by atoms with van der Waals surface area (Å²) >= 11 is 5.88. The molecule has 0 amide bonds. The maximum atomic E-state index is 12.1. The first-order chi connectivity index (χ1) is 11.7. The molecule has 2 aliphatic carbocycles. The molecule has 0 unspecified atom stereocenters. The molecular weight excluding hydrogens is 326 g/mol. The summed E-state index contributed by atoms with van der Waals surface area (Å²) in [4.78, 5) is 16.2. The second-order valence-corrected chi connectivity index (χ2v) is 7.36. The zero-order valence-electron chi connectivity index (χ0n) is 13.4. The molecule has 2 fully saturated rings. The molecule has 24 heavy (non-hydrogen) atoms. The van der Waals surface area contributed by atoms with Gasteiger partial charge in [0.2, 0.25) is 5.89 Å². The lowest BCUT2D eigenvalue weighted by Gasteiger charge is -2.20. The van der Waals surface area contributed by atoms with Crippen LogP contribution in [0.2, 0.25) is 5.02 Å². The second kappa shape index (κ2) is 6.60. The lowest BCUT2D eigenvalue weighted by molar-refractivity contribution is -0.147. The number of hydrogen-bond acceptors (Lipinski definition) is 4. The highest BCUT2D eigenvalue weighted by Crippen LogP contribution is 2.49. The summed E-state index contributed by atoms with van der Waals surface area (Å²) in [5, 5.41) is 0.674. The Kier molecular flexibility index (Phi) is 4.31. The first kappa shape index (κ1) is 15.7. The van der Waals surface area contributed by atoms with Gasteiger partial charge in [0.25, 0.3) is 0 Å². The van der Waals surface area contributed by atoms with Gasteiger partial charge in [-0.15, -0.1) is 0 Å². The van der Waals surface area contributed by atoms with Gasteiger partial charge >= 0.3 is 5.97 Å². The number of oxazole rings is 1. The second-order valence-electron chi connectivity index (χ2n) is 6.92. The maximum Gasteiger partial charge on any atom is 0.306 e. The number of rotatable bonds is 5. The third-order valence-corrected chi connectivity index (χ3v) is 5.60. The molecule has 0 saturated heterocycles. The molecule has 0 radical (unpaired) electrons. The minimum absolute atomic E-state index is 0.0905. The minimum atomic E-state index is -0.140. The molecule has 2 aliphatic rings. The highest BCUT2D eigenvalue weighted by molar-refractivity contribution is 6.30. The summed E-state index contributed by atoms with van der Waals surface area (Å²) in [6.45, 7) is 0.0905. The number of fused-ring (bicyclic) bond motifs is 2. The van der Waals surface area contributed by atoms with Crippen molar-refractivity contribution in [3.63, 3.8) is 0 Å². The maximum absolute atomic E-state index is 12.1. The van der Waals surface area contributed by atoms with Crippen LogP contribution in [0.15, 0.2) is 34.9 Å². The van der Waals surface area contributed by atoms with E-state index in [0.29, 0.717) is 29.0 Å². The number of carbonyl (C=O) groups excluding carboxylic acids is 1. The number of carbonyl (C=O) groups is 1. The van der Waals surface area contributed by atoms with E-state index in [4.69, 9.17) is 20.8 Å². The van der Waals surface area contributed by atoms with Crippen molar-refractivity contribution in [2.24, 2.45) is 17.8 Å². The van der Waals surface area contributed by atoms with Crippen LogP contribution in [0.3, 0.4) is 0 Å². The van der Waals surface area contributed by atoms with Gasteiger partial charge in [-0.1, -0.05) is 18.0 Å². The van der Waals surface area contributed by atoms with E-state index in [9.17, 15) is 4.79 Å². The van der Waals surface area contributed by atoms with E-state index in [0.717, 1.165) is 17.4 Å². The molecule has 3 atom stereocenters. The highest BCUT2D eigenvalue weighted by Gasteiger charge is 2.40. The van der Waals surface area contributed by atoms with Crippen LogP contribution in [0.1, 0.15) is 38.0 Å². The number of esters is 1. The number of benzene rings is 1. The predicted molar refractivity (Wildman–Crippen MR) is 90.3 cm³/mol. The van der Waals surface area contributed by atoms with Gasteiger partial charge in [0.15, 0.2) is 12.4 Å². The van der Waals surface area contributed by atoms with Crippen molar-refractivity contribution < 1.29 is 13.9 Å². The van der Waals surface area contributed by atoms with Crippen molar-refractivity contribution in [1.82, 2.24) is 4.98 Å². The minimum Gasteiger partial charge on any atom is -0.456 e. The van der Waals surface area contributed by atoms with Crippen LogP contribution < -0.4 is 0 Å². The quantitative estimate of drug-likeness (QED) is 0.726. The molecule has 0 spiro atoms. The van der Waals surface area contributed by atoms with Crippen molar-refractivity contribution in [3.05, 3.63) is 41.4 Å². The van der Waals surface area contributed by atoms with Crippen molar-refractivity contribution in [2.75, 3.05) is 0 Å². The summed E-state index contributed by atoms with van der Waals surface area (Å²) in [7, 11) is 0. The van der Waals surface area contributed by atoms with Crippen LogP contribution in [-0.4, -0.2) is 11.0 Å². The molecule has 0 N–H and O–H groups in total. The van der Waals surface area contributed by atoms with E-state index < -0.39 is 0 Å². The summed E-state index contributed by atoms with van der Waals surface area (Å²) in [6.07, 6.45) is 7.31. The number of ether oxygens (including phenoxy) is 1. The smallest absolute Gasteiger partial charge is 0.306 e. The molecule has 2 saturated carbocycles. The Morgan fingerprint density at radius 1 is 1.25 bits per heavy atom. The summed E-state index contributed by atoms with van der Waals surface area (Å²) < 4.78 is 11.0. The van der Waals surface area contributed by atoms with E-state index >= 15 is 0 Å². The fourth-order valence-electron chi connectivity index (χ4n) is 4.17. The zero-order valence-corrected chi connectivity index (χ0v) is 14.2. The molecule has 1 aromatic carbocycles. The topological polar surface area (TPSA) is 52.3 Å². The summed E-state index contributed by atoms with van der Waals surface area (Å²) in [5.41, 5.74) is 0.895. The van der Waals surface area contributed by atoms with E-state index in [1.807, 2.05) is 12.1 Å². The SMILES string of the molecule is O=C(C[C@@H]1C[C@H]2CC[C@@H]1C2)OCc1ncc(-c2ccc(Cl)cc2)o1. The fraction of sp³-hybridized carbons (Fsp3) is 0.474. The molecule has 0 aliphatic heterocycles. The van der Waals surface area contributed by atoms with Gasteiger partial charge in [0, 0.05) is 17.0 Å². The first-order valence-electron chi connectivity index (χ1n) is 8.53. The van der Waals surface area contributed by atoms with Gasteiger partial charge in [-0.2, -0.15) is 0 Å². The standard InChI is InChI=1S/C19H20ClNO3/c20-16-5-3-13(4-6-16)17-10-21-18(24-17)11-23-19(22)9-15-8-12-1-2-14(15)7-12/h3-6,10,12,14-15H,1-2,7-9,11H2/t12-,14+,15-/m0/s1. The van der Waals surface area contributed by atoms with E-state index in [2.05, 4.69) is 4.98 Å². The van der Waals surface area contributed by atoms with Gasteiger partial charge in [0.1, 0.15) is 0 Å². The molecule has 126 valence electrons. The Balaban J connectivity index is 1.30. The van der Waals surface area contributed by atoms with Crippen LogP contribution in [0.4, 0.5) is 0 Å². The number of halogens is 1. The monoisotopic (exact) mass is 345 g/mol. The molecule has 1 heterocycles. The largest absolute Gasteiger partial charge is 0.456 e. The summed E-state index contributed by atoms with van der Waals surface area (Å²) in [5.74, 6) is 3.03. The Labute approximate surface area is 146 Å². The zero-order chi connectivity index (χ0) is 16.5. The van der Waals surface area contributed by atoms with Gasteiger partial charge in [-0.25, -0.2) is 4.98 Å². The van der Waals surface area contributed by atoms with E-state index in [1.54, 1.807) is 18.3 Å². The van der Waals surface area contributed by atoms with Crippen LogP contribution in [0, 0.1) is 17.8 Å². The normalized spacial score (nSPS) is 25.1. The molecule has 2 bridgehead atoms. The van der Waals surface area contributed by atoms with Crippen molar-refractivity contribution in [2.45, 2.75) is 38.7 Å².